The maximum Gasteiger partial charge on any atom is 0.343 e. The molecule has 0 bridgehead atoms. The van der Waals surface area contributed by atoms with Crippen molar-refractivity contribution in [1.29, 1.82) is 5.26 Å². The molecule has 1 atom stereocenters. The van der Waals surface area contributed by atoms with Crippen LogP contribution in [0.3, 0.4) is 0 Å². The maximum absolute atomic E-state index is 12.7. The zero-order valence-electron chi connectivity index (χ0n) is 18.6. The van der Waals surface area contributed by atoms with Crippen LogP contribution in [0.2, 0.25) is 0 Å². The largest absolute Gasteiger partial charge is 0.440 e. The summed E-state index contributed by atoms with van der Waals surface area (Å²) in [7, 11) is 0. The highest BCUT2D eigenvalue weighted by molar-refractivity contribution is 9.10. The van der Waals surface area contributed by atoms with Crippen LogP contribution in [0.25, 0.3) is 0 Å². The van der Waals surface area contributed by atoms with Crippen LogP contribution in [-0.2, 0) is 5.41 Å². The van der Waals surface area contributed by atoms with Crippen molar-refractivity contribution < 1.29 is 14.3 Å². The van der Waals surface area contributed by atoms with Gasteiger partial charge in [-0.15, -0.1) is 0 Å². The predicted molar refractivity (Wildman–Crippen MR) is 130 cm³/mol. The Bertz CT molecular complexity index is 1300. The minimum Gasteiger partial charge on any atom is -0.440 e. The molecule has 1 aliphatic heterocycles. The molecule has 0 aromatic heterocycles. The lowest BCUT2D eigenvalue weighted by molar-refractivity contribution is 0.0734. The first-order valence-corrected chi connectivity index (χ1v) is 11.3. The van der Waals surface area contributed by atoms with Crippen LogP contribution < -0.4 is 15.2 Å². The molecular formula is C27H23BrN2O3. The van der Waals surface area contributed by atoms with E-state index in [1.54, 1.807) is 30.3 Å². The normalized spacial score (nSPS) is 15.3. The number of rotatable bonds is 3. The van der Waals surface area contributed by atoms with Crippen LogP contribution in [0.5, 0.6) is 11.5 Å². The standard InChI is InChI=1S/C27H23BrN2O3/c1-27(2,3)17-10-8-16(9-11-17)26(31)32-18-12-13-20-23(14-18)33-25(30)21(15-29)24(20)19-6-4-5-7-22(19)28/h4-14,24H,30H2,1-3H3. The molecule has 5 nitrogen and oxygen atoms in total. The fourth-order valence-electron chi connectivity index (χ4n) is 3.80. The van der Waals surface area contributed by atoms with Crippen molar-refractivity contribution in [2.75, 3.05) is 0 Å². The van der Waals surface area contributed by atoms with Gasteiger partial charge in [-0.05, 0) is 40.8 Å². The van der Waals surface area contributed by atoms with Gasteiger partial charge in [-0.2, -0.15) is 5.26 Å². The highest BCUT2D eigenvalue weighted by Gasteiger charge is 2.32. The molecule has 1 aliphatic rings. The summed E-state index contributed by atoms with van der Waals surface area (Å²) in [6.45, 7) is 6.35. The number of allylic oxidation sites excluding steroid dienone is 1. The summed E-state index contributed by atoms with van der Waals surface area (Å²) < 4.78 is 12.2. The summed E-state index contributed by atoms with van der Waals surface area (Å²) in [6, 6.07) is 22.4. The van der Waals surface area contributed by atoms with E-state index in [0.717, 1.165) is 21.2 Å². The Morgan fingerprint density at radius 1 is 1.06 bits per heavy atom. The van der Waals surface area contributed by atoms with Gasteiger partial charge >= 0.3 is 5.97 Å². The fraction of sp³-hybridized carbons (Fsp3) is 0.185. The molecule has 166 valence electrons. The monoisotopic (exact) mass is 502 g/mol. The Balaban J connectivity index is 1.64. The number of benzene rings is 3. The lowest BCUT2D eigenvalue weighted by atomic mass is 9.83. The Labute approximate surface area is 201 Å². The second kappa shape index (κ2) is 8.76. The lowest BCUT2D eigenvalue weighted by Crippen LogP contribution is -2.21. The Hall–Kier alpha value is -3.56. The quantitative estimate of drug-likeness (QED) is 0.341. The predicted octanol–water partition coefficient (Wildman–Crippen LogP) is 6.18. The fourth-order valence-corrected chi connectivity index (χ4v) is 4.31. The molecule has 33 heavy (non-hydrogen) atoms. The molecule has 0 fully saturated rings. The molecule has 0 spiro atoms. The van der Waals surface area contributed by atoms with Crippen molar-refractivity contribution in [3.05, 3.63) is 105 Å². The van der Waals surface area contributed by atoms with Gasteiger partial charge in [0.1, 0.15) is 23.1 Å². The van der Waals surface area contributed by atoms with Gasteiger partial charge in [0.2, 0.25) is 5.88 Å². The zero-order valence-corrected chi connectivity index (χ0v) is 20.1. The molecule has 0 saturated carbocycles. The molecule has 1 heterocycles. The number of carbonyl (C=O) groups is 1. The maximum atomic E-state index is 12.7. The van der Waals surface area contributed by atoms with E-state index in [0.29, 0.717) is 22.6 Å². The number of hydrogen-bond donors (Lipinski definition) is 1. The van der Waals surface area contributed by atoms with Crippen molar-refractivity contribution >= 4 is 21.9 Å². The summed E-state index contributed by atoms with van der Waals surface area (Å²) in [6.07, 6.45) is 0. The zero-order chi connectivity index (χ0) is 23.8. The molecule has 0 aliphatic carbocycles. The summed E-state index contributed by atoms with van der Waals surface area (Å²) in [4.78, 5) is 12.7. The van der Waals surface area contributed by atoms with Crippen molar-refractivity contribution in [2.45, 2.75) is 32.1 Å². The van der Waals surface area contributed by atoms with Gasteiger partial charge in [0, 0.05) is 16.1 Å². The van der Waals surface area contributed by atoms with E-state index >= 15 is 0 Å². The topological polar surface area (TPSA) is 85.3 Å². The molecular weight excluding hydrogens is 480 g/mol. The summed E-state index contributed by atoms with van der Waals surface area (Å²) in [5.41, 5.74) is 9.67. The van der Waals surface area contributed by atoms with Gasteiger partial charge in [-0.25, -0.2) is 4.79 Å². The highest BCUT2D eigenvalue weighted by Crippen LogP contribution is 2.45. The third-order valence-corrected chi connectivity index (χ3v) is 6.33. The second-order valence-corrected chi connectivity index (χ2v) is 9.72. The summed E-state index contributed by atoms with van der Waals surface area (Å²) in [5.74, 6) is -0.0517. The van der Waals surface area contributed by atoms with Crippen LogP contribution in [0.15, 0.2) is 82.7 Å². The molecule has 0 saturated heterocycles. The number of nitrogens with two attached hydrogens (primary N) is 1. The van der Waals surface area contributed by atoms with Crippen LogP contribution in [0.4, 0.5) is 0 Å². The number of nitriles is 1. The van der Waals surface area contributed by atoms with E-state index in [4.69, 9.17) is 15.2 Å². The van der Waals surface area contributed by atoms with E-state index < -0.39 is 11.9 Å². The molecule has 0 radical (unpaired) electrons. The van der Waals surface area contributed by atoms with Gasteiger partial charge in [0.05, 0.1) is 11.5 Å². The Kier molecular flexibility index (Phi) is 6.01. The molecule has 6 heteroatoms. The number of fused-ring (bicyclic) bond motifs is 1. The van der Waals surface area contributed by atoms with Gasteiger partial charge in [0.25, 0.3) is 0 Å². The average Bonchev–Trinajstić information content (AvgIpc) is 2.78. The number of esters is 1. The molecule has 0 amide bonds. The van der Waals surface area contributed by atoms with Crippen LogP contribution >= 0.6 is 15.9 Å². The minimum atomic E-state index is -0.463. The van der Waals surface area contributed by atoms with Crippen LogP contribution in [0, 0.1) is 11.3 Å². The van der Waals surface area contributed by atoms with Crippen LogP contribution in [0.1, 0.15) is 53.7 Å². The van der Waals surface area contributed by atoms with Crippen molar-refractivity contribution in [2.24, 2.45) is 5.73 Å². The summed E-state index contributed by atoms with van der Waals surface area (Å²) in [5, 5.41) is 9.73. The number of halogens is 1. The van der Waals surface area contributed by atoms with E-state index in [-0.39, 0.29) is 11.3 Å². The summed E-state index contributed by atoms with van der Waals surface area (Å²) >= 11 is 3.57. The molecule has 4 rings (SSSR count). The Morgan fingerprint density at radius 2 is 1.76 bits per heavy atom. The van der Waals surface area contributed by atoms with E-state index in [1.807, 2.05) is 36.4 Å². The van der Waals surface area contributed by atoms with Crippen molar-refractivity contribution in [3.63, 3.8) is 0 Å². The molecule has 2 N–H and O–H groups in total. The number of carbonyl (C=O) groups excluding carboxylic acids is 1. The lowest BCUT2D eigenvalue weighted by Gasteiger charge is -2.27. The van der Waals surface area contributed by atoms with E-state index in [9.17, 15) is 10.1 Å². The first kappa shape index (κ1) is 22.6. The average molecular weight is 503 g/mol. The first-order chi connectivity index (χ1) is 15.7. The highest BCUT2D eigenvalue weighted by atomic mass is 79.9. The van der Waals surface area contributed by atoms with Gasteiger partial charge in [-0.3, -0.25) is 0 Å². The smallest absolute Gasteiger partial charge is 0.343 e. The van der Waals surface area contributed by atoms with E-state index in [1.165, 1.54) is 0 Å². The van der Waals surface area contributed by atoms with Crippen LogP contribution in [-0.4, -0.2) is 5.97 Å². The van der Waals surface area contributed by atoms with Crippen molar-refractivity contribution in [1.82, 2.24) is 0 Å². The minimum absolute atomic E-state index is 0.00170. The molecule has 3 aromatic carbocycles. The second-order valence-electron chi connectivity index (χ2n) is 8.86. The number of hydrogen-bond acceptors (Lipinski definition) is 5. The Morgan fingerprint density at radius 3 is 2.39 bits per heavy atom. The van der Waals surface area contributed by atoms with Crippen molar-refractivity contribution in [3.8, 4) is 17.6 Å². The third-order valence-electron chi connectivity index (χ3n) is 5.60. The first-order valence-electron chi connectivity index (χ1n) is 10.5. The number of ether oxygens (including phenoxy) is 2. The number of nitrogens with zero attached hydrogens (tertiary/aromatic N) is 1. The van der Waals surface area contributed by atoms with E-state index in [2.05, 4.69) is 42.8 Å². The molecule has 3 aromatic rings. The SMILES string of the molecule is CC(C)(C)c1ccc(C(=O)Oc2ccc3c(c2)OC(N)=C(C#N)C3c2ccccc2Br)cc1. The van der Waals surface area contributed by atoms with Gasteiger partial charge < -0.3 is 15.2 Å². The van der Waals surface area contributed by atoms with Gasteiger partial charge in [0.15, 0.2) is 0 Å². The third kappa shape index (κ3) is 4.50. The molecule has 1 unspecified atom stereocenters. The van der Waals surface area contributed by atoms with Gasteiger partial charge in [-0.1, -0.05) is 73.1 Å².